The van der Waals surface area contributed by atoms with Crippen molar-refractivity contribution in [3.8, 4) is 0 Å². The van der Waals surface area contributed by atoms with E-state index in [1.54, 1.807) is 0 Å². The molecule has 0 aromatic rings. The predicted molar refractivity (Wildman–Crippen MR) is 37.4 cm³/mol. The number of rotatable bonds is 1. The van der Waals surface area contributed by atoms with Crippen molar-refractivity contribution in [3.05, 3.63) is 0 Å². The van der Waals surface area contributed by atoms with Crippen LogP contribution in [0.5, 0.6) is 0 Å². The maximum atomic E-state index is 11.1. The number of hydrogen-bond donors (Lipinski definition) is 1. The molecule has 0 radical (unpaired) electrons. The van der Waals surface area contributed by atoms with Gasteiger partial charge in [-0.05, 0) is 0 Å². The molecule has 1 atom stereocenters. The van der Waals surface area contributed by atoms with Crippen LogP contribution in [0.1, 0.15) is 6.42 Å². The Morgan fingerprint density at radius 1 is 1.75 bits per heavy atom. The molecule has 0 bridgehead atoms. The van der Waals surface area contributed by atoms with Gasteiger partial charge in [0.05, 0.1) is 20.3 Å². The van der Waals surface area contributed by atoms with Gasteiger partial charge in [-0.15, -0.1) is 0 Å². The third-order valence-electron chi connectivity index (χ3n) is 1.77. The first kappa shape index (κ1) is 9.15. The van der Waals surface area contributed by atoms with Gasteiger partial charge >= 0.3 is 5.97 Å². The maximum absolute atomic E-state index is 11.1. The number of Topliss-reactive ketones (excluding diaryl/α,β-unsaturated/α-hetero) is 1. The van der Waals surface area contributed by atoms with Crippen molar-refractivity contribution in [1.82, 2.24) is 0 Å². The van der Waals surface area contributed by atoms with Crippen molar-refractivity contribution in [2.75, 3.05) is 20.3 Å². The van der Waals surface area contributed by atoms with E-state index in [2.05, 4.69) is 4.74 Å². The second kappa shape index (κ2) is 3.20. The molecule has 0 amide bonds. The van der Waals surface area contributed by atoms with Crippen LogP contribution in [0.4, 0.5) is 0 Å². The van der Waals surface area contributed by atoms with E-state index in [1.165, 1.54) is 0 Å². The summed E-state index contributed by atoms with van der Waals surface area (Å²) in [7, 11) is 1.11. The minimum atomic E-state index is -2.08. The Morgan fingerprint density at radius 3 is 2.92 bits per heavy atom. The summed E-state index contributed by atoms with van der Waals surface area (Å²) in [5, 5.41) is 9.46. The van der Waals surface area contributed by atoms with E-state index in [4.69, 9.17) is 4.74 Å². The summed E-state index contributed by atoms with van der Waals surface area (Å²) in [4.78, 5) is 22.0. The SMILES string of the molecule is COC(=O)[C@@]1(O)COCCC1=O. The average Bonchev–Trinajstić information content (AvgIpc) is 2.09. The fraction of sp³-hybridized carbons (Fsp3) is 0.714. The molecule has 0 aromatic heterocycles. The first-order valence-corrected chi connectivity index (χ1v) is 3.53. The highest BCUT2D eigenvalue weighted by atomic mass is 16.6. The van der Waals surface area contributed by atoms with E-state index < -0.39 is 17.4 Å². The predicted octanol–water partition coefficient (Wildman–Crippen LogP) is -1.12. The molecule has 1 fully saturated rings. The molecular weight excluding hydrogens is 164 g/mol. The van der Waals surface area contributed by atoms with E-state index in [0.717, 1.165) is 7.11 Å². The number of methoxy groups -OCH3 is 1. The van der Waals surface area contributed by atoms with Gasteiger partial charge in [0, 0.05) is 6.42 Å². The van der Waals surface area contributed by atoms with E-state index in [1.807, 2.05) is 0 Å². The molecule has 1 aliphatic rings. The topological polar surface area (TPSA) is 72.8 Å². The summed E-state index contributed by atoms with van der Waals surface area (Å²) >= 11 is 0. The summed E-state index contributed by atoms with van der Waals surface area (Å²) < 4.78 is 9.08. The van der Waals surface area contributed by atoms with Crippen molar-refractivity contribution in [1.29, 1.82) is 0 Å². The summed E-state index contributed by atoms with van der Waals surface area (Å²) in [5.41, 5.74) is -2.08. The van der Waals surface area contributed by atoms with Crippen molar-refractivity contribution >= 4 is 11.8 Å². The monoisotopic (exact) mass is 174 g/mol. The minimum Gasteiger partial charge on any atom is -0.466 e. The normalized spacial score (nSPS) is 30.0. The Hall–Kier alpha value is -0.940. The molecule has 1 rings (SSSR count). The van der Waals surface area contributed by atoms with Gasteiger partial charge in [0.2, 0.25) is 5.60 Å². The molecule has 68 valence electrons. The molecule has 0 aliphatic carbocycles. The van der Waals surface area contributed by atoms with Crippen LogP contribution in [0, 0.1) is 0 Å². The van der Waals surface area contributed by atoms with Crippen LogP contribution in [0.25, 0.3) is 0 Å². The summed E-state index contributed by atoms with van der Waals surface area (Å²) in [5.74, 6) is -1.49. The standard InChI is InChI=1S/C7H10O5/c1-11-6(9)7(10)4-12-3-2-5(7)8/h10H,2-4H2,1H3/t7-/m1/s1. The van der Waals surface area contributed by atoms with Crippen molar-refractivity contribution in [2.24, 2.45) is 0 Å². The lowest BCUT2D eigenvalue weighted by atomic mass is 9.95. The lowest BCUT2D eigenvalue weighted by Crippen LogP contribution is -2.54. The third-order valence-corrected chi connectivity index (χ3v) is 1.77. The highest BCUT2D eigenvalue weighted by Crippen LogP contribution is 2.16. The molecule has 0 spiro atoms. The van der Waals surface area contributed by atoms with Gasteiger partial charge in [-0.25, -0.2) is 4.79 Å². The minimum absolute atomic E-state index is 0.0472. The van der Waals surface area contributed by atoms with E-state index in [9.17, 15) is 14.7 Å². The quantitative estimate of drug-likeness (QED) is 0.402. The first-order chi connectivity index (χ1) is 5.61. The van der Waals surface area contributed by atoms with Crippen LogP contribution in [0.15, 0.2) is 0 Å². The van der Waals surface area contributed by atoms with Crippen molar-refractivity contribution in [3.63, 3.8) is 0 Å². The second-order valence-electron chi connectivity index (χ2n) is 2.58. The first-order valence-electron chi connectivity index (χ1n) is 3.53. The van der Waals surface area contributed by atoms with E-state index in [0.29, 0.717) is 0 Å². The lowest BCUT2D eigenvalue weighted by Gasteiger charge is -2.27. The number of ketones is 1. The second-order valence-corrected chi connectivity index (χ2v) is 2.58. The number of esters is 1. The van der Waals surface area contributed by atoms with Gasteiger partial charge in [-0.3, -0.25) is 4.79 Å². The summed E-state index contributed by atoms with van der Waals surface area (Å²) in [6.07, 6.45) is 0.0472. The van der Waals surface area contributed by atoms with Gasteiger partial charge in [0.25, 0.3) is 0 Å². The molecule has 12 heavy (non-hydrogen) atoms. The molecule has 1 aliphatic heterocycles. The fourth-order valence-electron chi connectivity index (χ4n) is 1.01. The van der Waals surface area contributed by atoms with Gasteiger partial charge in [-0.2, -0.15) is 0 Å². The number of carbonyl (C=O) groups excluding carboxylic acids is 2. The van der Waals surface area contributed by atoms with Crippen molar-refractivity contribution < 1.29 is 24.2 Å². The molecule has 1 saturated heterocycles. The van der Waals surface area contributed by atoms with Crippen LogP contribution in [-0.4, -0.2) is 42.8 Å². The number of hydrogen-bond acceptors (Lipinski definition) is 5. The summed E-state index contributed by atoms with van der Waals surface area (Å²) in [6, 6.07) is 0. The molecule has 5 heteroatoms. The Kier molecular flexibility index (Phi) is 2.44. The number of aliphatic hydroxyl groups is 1. The molecule has 1 heterocycles. The van der Waals surface area contributed by atoms with Crippen LogP contribution in [0.3, 0.4) is 0 Å². The lowest BCUT2D eigenvalue weighted by molar-refractivity contribution is -0.180. The molecule has 0 unspecified atom stereocenters. The third kappa shape index (κ3) is 1.33. The number of ether oxygens (including phenoxy) is 2. The van der Waals surface area contributed by atoms with Gasteiger partial charge < -0.3 is 14.6 Å². The number of carbonyl (C=O) groups is 2. The zero-order chi connectivity index (χ0) is 9.19. The smallest absolute Gasteiger partial charge is 0.348 e. The van der Waals surface area contributed by atoms with Crippen LogP contribution < -0.4 is 0 Å². The van der Waals surface area contributed by atoms with Crippen LogP contribution in [-0.2, 0) is 19.1 Å². The van der Waals surface area contributed by atoms with Gasteiger partial charge in [0.1, 0.15) is 0 Å². The van der Waals surface area contributed by atoms with E-state index >= 15 is 0 Å². The molecule has 0 saturated carbocycles. The Balaban J connectivity index is 2.79. The van der Waals surface area contributed by atoms with Crippen LogP contribution >= 0.6 is 0 Å². The van der Waals surface area contributed by atoms with Crippen molar-refractivity contribution in [2.45, 2.75) is 12.0 Å². The zero-order valence-electron chi connectivity index (χ0n) is 6.70. The highest BCUT2D eigenvalue weighted by Gasteiger charge is 2.47. The summed E-state index contributed by atoms with van der Waals surface area (Å²) in [6.45, 7) is -0.0589. The van der Waals surface area contributed by atoms with E-state index in [-0.39, 0.29) is 19.6 Å². The Morgan fingerprint density at radius 2 is 2.42 bits per heavy atom. The van der Waals surface area contributed by atoms with Gasteiger partial charge in [-0.1, -0.05) is 0 Å². The largest absolute Gasteiger partial charge is 0.466 e. The molecule has 0 aromatic carbocycles. The highest BCUT2D eigenvalue weighted by molar-refractivity contribution is 6.07. The van der Waals surface area contributed by atoms with Gasteiger partial charge in [0.15, 0.2) is 5.78 Å². The Bertz CT molecular complexity index is 202. The zero-order valence-corrected chi connectivity index (χ0v) is 6.70. The molecule has 5 nitrogen and oxygen atoms in total. The Labute approximate surface area is 69.3 Å². The molecule has 1 N–H and O–H groups in total. The molecular formula is C7H10O5. The average molecular weight is 174 g/mol. The fourth-order valence-corrected chi connectivity index (χ4v) is 1.01. The maximum Gasteiger partial charge on any atom is 0.348 e. The van der Waals surface area contributed by atoms with Crippen LogP contribution in [0.2, 0.25) is 0 Å².